The number of aromatic nitrogens is 4. The molecule has 4 heterocycles. The van der Waals surface area contributed by atoms with Crippen LogP contribution in [-0.4, -0.2) is 59.2 Å². The quantitative estimate of drug-likeness (QED) is 0.825. The van der Waals surface area contributed by atoms with Crippen LogP contribution in [0.5, 0.6) is 0 Å². The maximum absolute atomic E-state index is 4.61. The van der Waals surface area contributed by atoms with Gasteiger partial charge in [-0.2, -0.15) is 0 Å². The third-order valence-corrected chi connectivity index (χ3v) is 6.07. The summed E-state index contributed by atoms with van der Waals surface area (Å²) in [6.45, 7) is 6.12. The van der Waals surface area contributed by atoms with Crippen LogP contribution in [0, 0.1) is 0 Å². The number of anilines is 3. The first-order valence-corrected chi connectivity index (χ1v) is 10.3. The van der Waals surface area contributed by atoms with E-state index in [1.54, 1.807) is 12.7 Å². The summed E-state index contributed by atoms with van der Waals surface area (Å²) in [5.41, 5.74) is 2.63. The van der Waals surface area contributed by atoms with Gasteiger partial charge in [0.25, 0.3) is 0 Å². The number of aryl methyl sites for hydroxylation is 1. The van der Waals surface area contributed by atoms with Gasteiger partial charge in [-0.05, 0) is 38.5 Å². The molecule has 2 aromatic heterocycles. The number of hydrogen-bond donors (Lipinski definition) is 0. The first-order valence-electron chi connectivity index (χ1n) is 10.3. The van der Waals surface area contributed by atoms with Gasteiger partial charge in [-0.25, -0.2) is 19.9 Å². The molecule has 0 saturated carbocycles. The summed E-state index contributed by atoms with van der Waals surface area (Å²) in [6, 6.07) is 2.17. The van der Waals surface area contributed by atoms with Crippen LogP contribution in [0.3, 0.4) is 0 Å². The Morgan fingerprint density at radius 2 is 1.26 bits per heavy atom. The van der Waals surface area contributed by atoms with Crippen molar-refractivity contribution in [2.75, 3.05) is 54.0 Å². The number of piperidine rings is 1. The highest BCUT2D eigenvalue weighted by Crippen LogP contribution is 2.29. The van der Waals surface area contributed by atoms with Crippen LogP contribution in [0.25, 0.3) is 0 Å². The average Bonchev–Trinajstić information content (AvgIpc) is 3.24. The van der Waals surface area contributed by atoms with Crippen LogP contribution in [0.2, 0.25) is 0 Å². The van der Waals surface area contributed by atoms with Gasteiger partial charge in [-0.3, -0.25) is 0 Å². The predicted molar refractivity (Wildman–Crippen MR) is 107 cm³/mol. The van der Waals surface area contributed by atoms with E-state index < -0.39 is 0 Å². The van der Waals surface area contributed by atoms with E-state index in [0.717, 1.165) is 69.6 Å². The topological polar surface area (TPSA) is 61.3 Å². The lowest BCUT2D eigenvalue weighted by Gasteiger charge is -2.37. The lowest BCUT2D eigenvalue weighted by atomic mass is 10.1. The van der Waals surface area contributed by atoms with Crippen molar-refractivity contribution in [1.82, 2.24) is 19.9 Å². The Labute approximate surface area is 160 Å². The molecule has 0 bridgehead atoms. The summed E-state index contributed by atoms with van der Waals surface area (Å²) in [7, 11) is 0. The number of piperazine rings is 1. The molecule has 27 heavy (non-hydrogen) atoms. The maximum Gasteiger partial charge on any atom is 0.135 e. The number of fused-ring (bicyclic) bond motifs is 1. The van der Waals surface area contributed by atoms with E-state index in [0.29, 0.717) is 0 Å². The molecule has 0 N–H and O–H groups in total. The Bertz CT molecular complexity index is 795. The standard InChI is InChI=1S/C20H27N7/c1-2-7-25(8-3-1)18-13-19(23-15-22-18)26-9-11-27(12-10-26)20-16-5-4-6-17(16)21-14-24-20/h13-15H,1-12H2. The minimum Gasteiger partial charge on any atom is -0.356 e. The van der Waals surface area contributed by atoms with E-state index in [4.69, 9.17) is 0 Å². The molecule has 0 atom stereocenters. The summed E-state index contributed by atoms with van der Waals surface area (Å²) in [4.78, 5) is 25.4. The molecule has 5 rings (SSSR count). The minimum atomic E-state index is 0.967. The first kappa shape index (κ1) is 16.7. The molecule has 1 aliphatic carbocycles. The van der Waals surface area contributed by atoms with E-state index in [1.807, 2.05) is 0 Å². The molecule has 0 radical (unpaired) electrons. The number of rotatable bonds is 3. The molecule has 3 aliphatic rings. The zero-order valence-corrected chi connectivity index (χ0v) is 15.8. The van der Waals surface area contributed by atoms with Crippen molar-refractivity contribution in [3.05, 3.63) is 30.0 Å². The van der Waals surface area contributed by atoms with Crippen molar-refractivity contribution >= 4 is 17.5 Å². The summed E-state index contributed by atoms with van der Waals surface area (Å²) >= 11 is 0. The van der Waals surface area contributed by atoms with Gasteiger partial charge in [-0.15, -0.1) is 0 Å². The summed E-state index contributed by atoms with van der Waals surface area (Å²) in [5.74, 6) is 3.29. The van der Waals surface area contributed by atoms with E-state index >= 15 is 0 Å². The predicted octanol–water partition coefficient (Wildman–Crippen LogP) is 2.07. The molecule has 2 aromatic rings. The molecule has 0 unspecified atom stereocenters. The van der Waals surface area contributed by atoms with Crippen molar-refractivity contribution in [1.29, 1.82) is 0 Å². The van der Waals surface area contributed by atoms with Crippen molar-refractivity contribution in [2.45, 2.75) is 38.5 Å². The SMILES string of the molecule is c1nc(N2CCCCC2)cc(N2CCN(c3ncnc4c3CCC4)CC2)n1. The molecular weight excluding hydrogens is 338 g/mol. The highest BCUT2D eigenvalue weighted by Gasteiger charge is 2.25. The zero-order valence-electron chi connectivity index (χ0n) is 15.8. The van der Waals surface area contributed by atoms with Gasteiger partial charge in [0.05, 0.1) is 0 Å². The Kier molecular flexibility index (Phi) is 4.51. The third kappa shape index (κ3) is 3.31. The van der Waals surface area contributed by atoms with Gasteiger partial charge >= 0.3 is 0 Å². The molecule has 2 fully saturated rings. The van der Waals surface area contributed by atoms with Gasteiger partial charge in [0, 0.05) is 56.6 Å². The lowest BCUT2D eigenvalue weighted by Crippen LogP contribution is -2.47. The largest absolute Gasteiger partial charge is 0.356 e. The summed E-state index contributed by atoms with van der Waals surface area (Å²) in [6.07, 6.45) is 10.8. The van der Waals surface area contributed by atoms with Gasteiger partial charge in [0.15, 0.2) is 0 Å². The van der Waals surface area contributed by atoms with Gasteiger partial charge < -0.3 is 14.7 Å². The van der Waals surface area contributed by atoms with Crippen LogP contribution < -0.4 is 14.7 Å². The van der Waals surface area contributed by atoms with Crippen LogP contribution in [0.1, 0.15) is 36.9 Å². The molecule has 142 valence electrons. The van der Waals surface area contributed by atoms with Crippen LogP contribution >= 0.6 is 0 Å². The molecule has 7 nitrogen and oxygen atoms in total. The minimum absolute atomic E-state index is 0.967. The smallest absolute Gasteiger partial charge is 0.135 e. The molecule has 2 aliphatic heterocycles. The second-order valence-corrected chi connectivity index (χ2v) is 7.73. The second kappa shape index (κ2) is 7.29. The fourth-order valence-electron chi connectivity index (χ4n) is 4.57. The van der Waals surface area contributed by atoms with Gasteiger partial charge in [0.1, 0.15) is 30.1 Å². The normalized spacial score (nSPS) is 20.1. The third-order valence-electron chi connectivity index (χ3n) is 6.07. The molecule has 0 aromatic carbocycles. The summed E-state index contributed by atoms with van der Waals surface area (Å²) < 4.78 is 0. The Hall–Kier alpha value is -2.44. The molecule has 2 saturated heterocycles. The van der Waals surface area contributed by atoms with Crippen molar-refractivity contribution in [3.63, 3.8) is 0 Å². The fraction of sp³-hybridized carbons (Fsp3) is 0.600. The van der Waals surface area contributed by atoms with Gasteiger partial charge in [-0.1, -0.05) is 0 Å². The average molecular weight is 365 g/mol. The fourth-order valence-corrected chi connectivity index (χ4v) is 4.57. The number of hydrogen-bond acceptors (Lipinski definition) is 7. The van der Waals surface area contributed by atoms with Crippen molar-refractivity contribution < 1.29 is 0 Å². The van der Waals surface area contributed by atoms with Crippen molar-refractivity contribution in [2.24, 2.45) is 0 Å². The lowest BCUT2D eigenvalue weighted by molar-refractivity contribution is 0.572. The Morgan fingerprint density at radius 1 is 0.593 bits per heavy atom. The first-order chi connectivity index (χ1) is 13.4. The highest BCUT2D eigenvalue weighted by molar-refractivity contribution is 5.54. The van der Waals surface area contributed by atoms with E-state index in [-0.39, 0.29) is 0 Å². The van der Waals surface area contributed by atoms with E-state index in [9.17, 15) is 0 Å². The molecular formula is C20H27N7. The molecule has 0 spiro atoms. The van der Waals surface area contributed by atoms with Crippen LogP contribution in [-0.2, 0) is 12.8 Å². The second-order valence-electron chi connectivity index (χ2n) is 7.73. The molecule has 7 heteroatoms. The monoisotopic (exact) mass is 365 g/mol. The van der Waals surface area contributed by atoms with E-state index in [1.165, 1.54) is 36.9 Å². The Morgan fingerprint density at radius 3 is 2.04 bits per heavy atom. The number of nitrogens with zero attached hydrogens (tertiary/aromatic N) is 7. The van der Waals surface area contributed by atoms with Gasteiger partial charge in [0.2, 0.25) is 0 Å². The maximum atomic E-state index is 4.61. The Balaban J connectivity index is 1.28. The van der Waals surface area contributed by atoms with E-state index in [2.05, 4.69) is 40.7 Å². The molecule has 0 amide bonds. The van der Waals surface area contributed by atoms with Crippen LogP contribution in [0.4, 0.5) is 17.5 Å². The highest BCUT2D eigenvalue weighted by atomic mass is 15.3. The van der Waals surface area contributed by atoms with Crippen LogP contribution in [0.15, 0.2) is 18.7 Å². The van der Waals surface area contributed by atoms with Crippen molar-refractivity contribution in [3.8, 4) is 0 Å². The zero-order chi connectivity index (χ0) is 18.1. The summed E-state index contributed by atoms with van der Waals surface area (Å²) in [5, 5.41) is 0.